The van der Waals surface area contributed by atoms with Crippen LogP contribution in [0.15, 0.2) is 138 Å². The third-order valence-corrected chi connectivity index (χ3v) is 15.0. The van der Waals surface area contributed by atoms with Crippen LogP contribution in [0.5, 0.6) is 0 Å². The van der Waals surface area contributed by atoms with Gasteiger partial charge in [0.05, 0.1) is 61.2 Å². The molecule has 23 nitrogen and oxygen atoms in total. The number of aromatic nitrogens is 8. The number of nitrogens with one attached hydrogen (secondary N) is 3. The second-order valence-electron chi connectivity index (χ2n) is 20.7. The van der Waals surface area contributed by atoms with Crippen LogP contribution in [0.3, 0.4) is 0 Å². The smallest absolute Gasteiger partial charge is 0.179 e. The predicted molar refractivity (Wildman–Crippen MR) is 343 cm³/mol. The van der Waals surface area contributed by atoms with Gasteiger partial charge in [-0.25, -0.2) is 51.7 Å². The van der Waals surface area contributed by atoms with Gasteiger partial charge in [-0.2, -0.15) is 0 Å². The van der Waals surface area contributed by atoms with E-state index in [1.165, 1.54) is 67.5 Å². The van der Waals surface area contributed by atoms with Gasteiger partial charge in [-0.1, -0.05) is 67.7 Å². The zero-order chi connectivity index (χ0) is 66.0. The predicted octanol–water partition coefficient (Wildman–Crippen LogP) is 11.2. The molecule has 0 atom stereocenters. The highest BCUT2D eigenvalue weighted by Gasteiger charge is 2.21. The number of carbonyl (C=O) groups is 3. The summed E-state index contributed by atoms with van der Waals surface area (Å²) in [6.07, 6.45) is 15.1. The Hall–Kier alpha value is -8.14. The van der Waals surface area contributed by atoms with Crippen molar-refractivity contribution < 1.29 is 46.5 Å². The van der Waals surface area contributed by atoms with Gasteiger partial charge in [-0.15, -0.1) is 0 Å². The Labute approximate surface area is 526 Å². The first-order valence-electron chi connectivity index (χ1n) is 26.7. The average Bonchev–Trinajstić information content (AvgIpc) is 1.67. The van der Waals surface area contributed by atoms with Crippen LogP contribution in [0.1, 0.15) is 129 Å². The van der Waals surface area contributed by atoms with Crippen molar-refractivity contribution in [3.63, 3.8) is 0 Å². The third-order valence-electron chi connectivity index (χ3n) is 11.9. The molecule has 8 aromatic heterocycles. The first-order chi connectivity index (χ1) is 41.0. The van der Waals surface area contributed by atoms with Crippen LogP contribution in [0, 0.1) is 0 Å². The highest BCUT2D eigenvalue weighted by molar-refractivity contribution is 7.91. The number of halogens is 3. The highest BCUT2D eigenvalue weighted by Crippen LogP contribution is 2.30. The average molecular weight is 1300 g/mol. The Balaban J connectivity index is 0.000000255. The summed E-state index contributed by atoms with van der Waals surface area (Å²) >= 11 is 17.4. The van der Waals surface area contributed by atoms with Crippen LogP contribution in [0.2, 0.25) is 15.2 Å². The van der Waals surface area contributed by atoms with E-state index in [9.17, 15) is 46.5 Å². The van der Waals surface area contributed by atoms with Crippen LogP contribution in [0.25, 0.3) is 0 Å². The Kier molecular flexibility index (Phi) is 26.0. The number of sulfone groups is 2. The number of ketones is 3. The van der Waals surface area contributed by atoms with E-state index in [4.69, 9.17) is 46.3 Å². The zero-order valence-electron chi connectivity index (χ0n) is 50.1. The molecule has 8 rings (SSSR count). The molecule has 0 spiro atoms. The third kappa shape index (κ3) is 22.5. The van der Waals surface area contributed by atoms with Gasteiger partial charge >= 0.3 is 0 Å². The van der Waals surface area contributed by atoms with Crippen molar-refractivity contribution in [2.75, 3.05) is 39.9 Å². The van der Waals surface area contributed by atoms with E-state index < -0.39 is 36.5 Å². The maximum absolute atomic E-state index is 12.4. The maximum Gasteiger partial charge on any atom is 0.179 e. The van der Waals surface area contributed by atoms with E-state index >= 15 is 0 Å². The van der Waals surface area contributed by atoms with Crippen molar-refractivity contribution in [1.29, 1.82) is 0 Å². The van der Waals surface area contributed by atoms with Crippen molar-refractivity contribution in [2.24, 2.45) is 0 Å². The summed E-state index contributed by atoms with van der Waals surface area (Å²) < 4.78 is 46.1. The van der Waals surface area contributed by atoms with E-state index in [1.54, 1.807) is 123 Å². The molecule has 0 unspecified atom stereocenters. The lowest BCUT2D eigenvalue weighted by Crippen LogP contribution is -2.17. The first-order valence-corrected chi connectivity index (χ1v) is 31.6. The molecule has 28 heteroatoms. The van der Waals surface area contributed by atoms with Crippen molar-refractivity contribution in [3.8, 4) is 0 Å². The van der Waals surface area contributed by atoms with Gasteiger partial charge in [-0.05, 0) is 96.1 Å². The van der Waals surface area contributed by atoms with Crippen LogP contribution in [-0.4, -0.2) is 102 Å². The number of Topliss-reactive ketones (excluding diaryl/α,β-unsaturated/α-hetero) is 3. The normalized spacial score (nSPS) is 11.3. The molecule has 0 saturated heterocycles. The molecule has 0 amide bonds. The molecule has 0 aliphatic heterocycles. The highest BCUT2D eigenvalue weighted by atomic mass is 35.5. The number of pyridine rings is 8. The summed E-state index contributed by atoms with van der Waals surface area (Å²) in [4.78, 5) is 67.9. The molecule has 0 aromatic carbocycles. The Morgan fingerprint density at radius 1 is 0.489 bits per heavy atom. The van der Waals surface area contributed by atoms with Crippen LogP contribution >= 0.6 is 34.8 Å². The summed E-state index contributed by atoms with van der Waals surface area (Å²) in [5.74, 6) is 1.89. The number of nitrogens with two attached hydrogens (primary N) is 2. The van der Waals surface area contributed by atoms with Crippen LogP contribution < -0.4 is 27.4 Å². The summed E-state index contributed by atoms with van der Waals surface area (Å²) in [7, 11) is -6.76. The summed E-state index contributed by atoms with van der Waals surface area (Å²) in [6, 6.07) is 21.0. The molecule has 0 aliphatic rings. The van der Waals surface area contributed by atoms with Gasteiger partial charge in [0.2, 0.25) is 0 Å². The number of nitrogen functional groups attached to an aromatic ring is 2. The molecule has 0 bridgehead atoms. The maximum atomic E-state index is 12.4. The molecule has 468 valence electrons. The molecule has 88 heavy (non-hydrogen) atoms. The number of aliphatic hydroxyl groups is 3. The van der Waals surface area contributed by atoms with Gasteiger partial charge < -0.3 is 42.7 Å². The number of nitrogens with zero attached hydrogens (tertiary/aromatic N) is 8. The van der Waals surface area contributed by atoms with Gasteiger partial charge in [0.15, 0.2) is 37.0 Å². The first kappa shape index (κ1) is 72.3. The van der Waals surface area contributed by atoms with Crippen molar-refractivity contribution in [3.05, 3.63) is 177 Å². The van der Waals surface area contributed by atoms with Crippen LogP contribution in [-0.2, 0) is 36.5 Å². The van der Waals surface area contributed by atoms with E-state index in [2.05, 4.69) is 55.8 Å². The number of anilines is 8. The summed E-state index contributed by atoms with van der Waals surface area (Å²) in [5.41, 5.74) is 12.1. The molecule has 8 heterocycles. The molecule has 0 aliphatic carbocycles. The molecule has 10 N–H and O–H groups in total. The molecular formula is C60H70Cl3N13O10S2. The lowest BCUT2D eigenvalue weighted by Gasteiger charge is -2.17. The fourth-order valence-electron chi connectivity index (χ4n) is 7.05. The monoisotopic (exact) mass is 1300 g/mol. The SMILES string of the molecule is CC(C)(O)c1ccc(N)cn1.CCC(=O)c1cnc(Cl)cc1Cl.CCC(=O)c1cnc(Nc2ccc(C(C)(C)O)cn2)cc1Cl.CCC(=O)c1cnc(Nc2ccc(C(C)(C)O)cn2)cc1Nc1ncccc1S(C)(=O)=O.CS(=O)(=O)c1cccnc1N. The molecular weight excluding hydrogens is 1230 g/mol. The number of carbonyl (C=O) groups excluding carboxylic acids is 3. The summed E-state index contributed by atoms with van der Waals surface area (Å²) in [6.45, 7) is 15.4. The minimum atomic E-state index is -3.54. The molecule has 0 saturated carbocycles. The summed E-state index contributed by atoms with van der Waals surface area (Å²) in [5, 5.41) is 39.5. The zero-order valence-corrected chi connectivity index (χ0v) is 54.0. The van der Waals surface area contributed by atoms with Crippen LogP contribution in [0.4, 0.5) is 46.3 Å². The Bertz CT molecular complexity index is 3920. The second-order valence-corrected chi connectivity index (χ2v) is 25.8. The molecule has 8 aromatic rings. The fraction of sp³-hybridized carbons (Fsp3) is 0.283. The number of hydrogen-bond acceptors (Lipinski definition) is 23. The lowest BCUT2D eigenvalue weighted by molar-refractivity contribution is 0.0737. The minimum absolute atomic E-state index is 0.0186. The minimum Gasteiger partial charge on any atom is -0.397 e. The van der Waals surface area contributed by atoms with E-state index in [1.807, 2.05) is 0 Å². The molecule has 0 fully saturated rings. The van der Waals surface area contributed by atoms with Gasteiger partial charge in [-0.3, -0.25) is 19.4 Å². The quantitative estimate of drug-likeness (QED) is 0.0310. The largest absolute Gasteiger partial charge is 0.397 e. The van der Waals surface area contributed by atoms with E-state index in [0.717, 1.165) is 12.5 Å². The van der Waals surface area contributed by atoms with Gasteiger partial charge in [0.25, 0.3) is 0 Å². The van der Waals surface area contributed by atoms with Crippen molar-refractivity contribution in [1.82, 2.24) is 39.9 Å². The topological polar surface area (TPSA) is 371 Å². The standard InChI is InChI=1S/C22H25N5O4S.C16H18ClN3O2.C8H7Cl2NO.C8H12N2O.C6H8N2O2S/c1-5-17(28)15-13-25-20(27-19-9-8-14(12-24-19)22(2,3)29)11-16(15)26-21-18(32(4,30)31)7-6-10-23-21;1-4-13(21)11-9-19-15(7-12(11)17)20-14-6-5-10(8-18-14)16(2,3)22;1-2-7(12)5-4-11-8(10)3-6(5)9;1-8(2,11)7-4-3-6(9)5-10-7;1-11(9,10)5-3-2-4-8-6(5)7/h6-13,29H,5H2,1-4H3,(H2,23,24,25,26,27);5-9,22H,4H2,1-3H3,(H,18,19,20);3-4H,2H2,1H3;3-5,11H,9H2,1-2H3;2-4H,1H3,(H2,7,8). The van der Waals surface area contributed by atoms with Crippen molar-refractivity contribution in [2.45, 2.75) is 108 Å². The number of rotatable bonds is 17. The second kappa shape index (κ2) is 31.7. The number of hydrogen-bond donors (Lipinski definition) is 8. The Morgan fingerprint density at radius 3 is 1.33 bits per heavy atom. The lowest BCUT2D eigenvalue weighted by atomic mass is 10.0. The van der Waals surface area contributed by atoms with Gasteiger partial charge in [0, 0.05) is 98.4 Å². The Morgan fingerprint density at radius 2 is 0.932 bits per heavy atom. The van der Waals surface area contributed by atoms with Gasteiger partial charge in [0.1, 0.15) is 55.5 Å². The van der Waals surface area contributed by atoms with E-state index in [-0.39, 0.29) is 45.2 Å². The molecule has 0 radical (unpaired) electrons. The van der Waals surface area contributed by atoms with E-state index in [0.29, 0.717) is 96.2 Å². The fourth-order valence-corrected chi connectivity index (χ4v) is 9.32. The van der Waals surface area contributed by atoms with Crippen molar-refractivity contribution >= 4 is 118 Å².